The molecule has 1 fully saturated rings. The van der Waals surface area contributed by atoms with Crippen molar-refractivity contribution in [2.45, 2.75) is 6.42 Å². The third-order valence-corrected chi connectivity index (χ3v) is 6.04. The van der Waals surface area contributed by atoms with Gasteiger partial charge in [0, 0.05) is 18.2 Å². The minimum Gasteiger partial charge on any atom is -0.497 e. The van der Waals surface area contributed by atoms with Gasteiger partial charge in [-0.1, -0.05) is 48.2 Å². The van der Waals surface area contributed by atoms with Gasteiger partial charge < -0.3 is 9.15 Å². The Bertz CT molecular complexity index is 1120. The van der Waals surface area contributed by atoms with Crippen molar-refractivity contribution in [1.29, 1.82) is 0 Å². The van der Waals surface area contributed by atoms with Crippen LogP contribution in [0.15, 0.2) is 70.0 Å². The summed E-state index contributed by atoms with van der Waals surface area (Å²) in [5, 5.41) is 0. The molecule has 152 valence electrons. The minimum atomic E-state index is -0.330. The molecule has 0 bridgehead atoms. The number of thiocarbonyl (C=S) groups is 1. The number of methoxy groups -OCH3 is 1. The summed E-state index contributed by atoms with van der Waals surface area (Å²) in [6, 6.07) is 17.4. The molecule has 2 heterocycles. The van der Waals surface area contributed by atoms with Gasteiger partial charge in [-0.05, 0) is 48.4 Å². The highest BCUT2D eigenvalue weighted by molar-refractivity contribution is 8.26. The molecule has 0 radical (unpaired) electrons. The van der Waals surface area contributed by atoms with E-state index in [9.17, 15) is 9.18 Å². The van der Waals surface area contributed by atoms with E-state index in [4.69, 9.17) is 21.4 Å². The molecule has 1 amide bonds. The summed E-state index contributed by atoms with van der Waals surface area (Å²) in [6.45, 7) is 0.501. The average molecular weight is 440 g/mol. The number of halogens is 1. The number of benzene rings is 2. The minimum absolute atomic E-state index is 0.137. The summed E-state index contributed by atoms with van der Waals surface area (Å²) >= 11 is 6.65. The molecule has 0 aliphatic carbocycles. The highest BCUT2D eigenvalue weighted by atomic mass is 32.2. The van der Waals surface area contributed by atoms with Crippen LogP contribution in [0.5, 0.6) is 5.75 Å². The van der Waals surface area contributed by atoms with E-state index in [-0.39, 0.29) is 11.7 Å². The molecule has 1 aliphatic heterocycles. The molecule has 0 unspecified atom stereocenters. The fraction of sp³-hybridized carbons (Fsp3) is 0.130. The first-order valence-electron chi connectivity index (χ1n) is 9.27. The summed E-state index contributed by atoms with van der Waals surface area (Å²) in [4.78, 5) is 14.9. The Morgan fingerprint density at radius 1 is 1.17 bits per heavy atom. The van der Waals surface area contributed by atoms with E-state index in [1.54, 1.807) is 42.4 Å². The van der Waals surface area contributed by atoms with Gasteiger partial charge in [0.15, 0.2) is 0 Å². The molecule has 30 heavy (non-hydrogen) atoms. The maximum atomic E-state index is 13.4. The van der Waals surface area contributed by atoms with Crippen LogP contribution in [-0.2, 0) is 11.2 Å². The summed E-state index contributed by atoms with van der Waals surface area (Å²) in [5.74, 6) is 1.38. The number of thioether (sulfide) groups is 1. The Labute approximate surface area is 183 Å². The first-order chi connectivity index (χ1) is 14.5. The van der Waals surface area contributed by atoms with Crippen molar-refractivity contribution >= 4 is 40.3 Å². The highest BCUT2D eigenvalue weighted by Crippen LogP contribution is 2.34. The lowest BCUT2D eigenvalue weighted by molar-refractivity contribution is -0.122. The summed E-state index contributed by atoms with van der Waals surface area (Å²) in [5.41, 5.74) is 1.74. The van der Waals surface area contributed by atoms with E-state index in [0.717, 1.165) is 11.3 Å². The number of amides is 1. The number of carbonyl (C=O) groups excluding carboxylic acids is 1. The van der Waals surface area contributed by atoms with Gasteiger partial charge >= 0.3 is 0 Å². The van der Waals surface area contributed by atoms with Crippen LogP contribution in [0.2, 0.25) is 0 Å². The molecule has 4 nitrogen and oxygen atoms in total. The van der Waals surface area contributed by atoms with Crippen molar-refractivity contribution in [3.63, 3.8) is 0 Å². The van der Waals surface area contributed by atoms with E-state index >= 15 is 0 Å². The van der Waals surface area contributed by atoms with Crippen LogP contribution < -0.4 is 4.74 Å². The fourth-order valence-corrected chi connectivity index (χ4v) is 4.37. The van der Waals surface area contributed by atoms with E-state index in [1.165, 1.54) is 23.9 Å². The maximum absolute atomic E-state index is 13.4. The van der Waals surface area contributed by atoms with Crippen molar-refractivity contribution in [1.82, 2.24) is 4.90 Å². The zero-order valence-corrected chi connectivity index (χ0v) is 17.8. The van der Waals surface area contributed by atoms with E-state index in [2.05, 4.69) is 0 Å². The van der Waals surface area contributed by atoms with Crippen molar-refractivity contribution in [2.24, 2.45) is 0 Å². The fourth-order valence-electron chi connectivity index (χ4n) is 3.08. The van der Waals surface area contributed by atoms with Gasteiger partial charge in [-0.25, -0.2) is 4.39 Å². The molecule has 3 aromatic rings. The van der Waals surface area contributed by atoms with Gasteiger partial charge in [-0.3, -0.25) is 9.69 Å². The van der Waals surface area contributed by atoms with Gasteiger partial charge in [0.25, 0.3) is 5.91 Å². The Kier molecular flexibility index (Phi) is 6.01. The largest absolute Gasteiger partial charge is 0.497 e. The Balaban J connectivity index is 1.45. The Morgan fingerprint density at radius 3 is 2.70 bits per heavy atom. The number of hydrogen-bond donors (Lipinski definition) is 0. The molecule has 1 aliphatic rings. The first kappa shape index (κ1) is 20.4. The van der Waals surface area contributed by atoms with Crippen LogP contribution in [0.3, 0.4) is 0 Å². The number of carbonyl (C=O) groups is 1. The van der Waals surface area contributed by atoms with Crippen LogP contribution in [-0.4, -0.2) is 28.8 Å². The van der Waals surface area contributed by atoms with Crippen molar-refractivity contribution in [3.05, 3.63) is 82.7 Å². The van der Waals surface area contributed by atoms with E-state index in [0.29, 0.717) is 39.3 Å². The number of hydrogen-bond acceptors (Lipinski definition) is 5. The summed E-state index contributed by atoms with van der Waals surface area (Å²) in [6.07, 6.45) is 2.36. The van der Waals surface area contributed by atoms with E-state index < -0.39 is 0 Å². The third-order valence-electron chi connectivity index (χ3n) is 4.67. The summed E-state index contributed by atoms with van der Waals surface area (Å²) in [7, 11) is 1.63. The number of rotatable bonds is 6. The molecule has 0 atom stereocenters. The zero-order chi connectivity index (χ0) is 21.1. The molecule has 4 rings (SSSR count). The number of nitrogens with zero attached hydrogens (tertiary/aromatic N) is 1. The SMILES string of the molecule is COc1ccc(CCN2C(=O)/C(=C\c3ccc(-c4cccc(F)c4)o3)SC2=S)cc1. The van der Waals surface area contributed by atoms with Gasteiger partial charge in [0.1, 0.15) is 27.4 Å². The van der Waals surface area contributed by atoms with Crippen molar-refractivity contribution < 1.29 is 18.3 Å². The van der Waals surface area contributed by atoms with Crippen LogP contribution in [0.4, 0.5) is 4.39 Å². The molecule has 0 saturated carbocycles. The smallest absolute Gasteiger partial charge is 0.266 e. The molecule has 1 aromatic heterocycles. The molecule has 0 spiro atoms. The second kappa shape index (κ2) is 8.85. The lowest BCUT2D eigenvalue weighted by Gasteiger charge is -2.14. The van der Waals surface area contributed by atoms with Crippen LogP contribution in [0, 0.1) is 5.82 Å². The molecular weight excluding hydrogens is 421 g/mol. The van der Waals surface area contributed by atoms with Crippen molar-refractivity contribution in [3.8, 4) is 17.1 Å². The zero-order valence-electron chi connectivity index (χ0n) is 16.1. The van der Waals surface area contributed by atoms with Crippen LogP contribution in [0.25, 0.3) is 17.4 Å². The monoisotopic (exact) mass is 439 g/mol. The lowest BCUT2D eigenvalue weighted by atomic mass is 10.1. The molecule has 1 saturated heterocycles. The molecule has 7 heteroatoms. The highest BCUT2D eigenvalue weighted by Gasteiger charge is 2.31. The quantitative estimate of drug-likeness (QED) is 0.373. The number of furan rings is 1. The van der Waals surface area contributed by atoms with Crippen molar-refractivity contribution in [2.75, 3.05) is 13.7 Å². The van der Waals surface area contributed by atoms with Crippen LogP contribution >= 0.6 is 24.0 Å². The Hall–Kier alpha value is -2.90. The first-order valence-corrected chi connectivity index (χ1v) is 10.5. The predicted octanol–water partition coefficient (Wildman–Crippen LogP) is 5.54. The van der Waals surface area contributed by atoms with Crippen LogP contribution in [0.1, 0.15) is 11.3 Å². The van der Waals surface area contributed by atoms with E-state index in [1.807, 2.05) is 24.3 Å². The molecule has 0 N–H and O–H groups in total. The van der Waals surface area contributed by atoms with Gasteiger partial charge in [0.05, 0.1) is 12.0 Å². The second-order valence-corrected chi connectivity index (χ2v) is 8.32. The maximum Gasteiger partial charge on any atom is 0.266 e. The van der Waals surface area contributed by atoms with Gasteiger partial charge in [-0.2, -0.15) is 0 Å². The second-order valence-electron chi connectivity index (χ2n) is 6.64. The summed E-state index contributed by atoms with van der Waals surface area (Å²) < 4.78 is 24.9. The topological polar surface area (TPSA) is 42.7 Å². The van der Waals surface area contributed by atoms with Gasteiger partial charge in [0.2, 0.25) is 0 Å². The standard InChI is InChI=1S/C23H18FNO3S2/c1-27-18-7-5-15(6-8-18)11-12-25-22(26)21(30-23(25)29)14-19-9-10-20(28-19)16-3-2-4-17(24)13-16/h2-10,13-14H,11-12H2,1H3/b21-14+. The molecular formula is C23H18FNO3S2. The Morgan fingerprint density at radius 2 is 1.97 bits per heavy atom. The predicted molar refractivity (Wildman–Crippen MR) is 121 cm³/mol. The van der Waals surface area contributed by atoms with Gasteiger partial charge in [-0.15, -0.1) is 0 Å². The number of ether oxygens (including phenoxy) is 1. The normalized spacial score (nSPS) is 15.3. The lowest BCUT2D eigenvalue weighted by Crippen LogP contribution is -2.30. The third kappa shape index (κ3) is 4.47. The molecule has 2 aromatic carbocycles. The average Bonchev–Trinajstić information content (AvgIpc) is 3.32.